The van der Waals surface area contributed by atoms with Crippen LogP contribution < -0.4 is 5.73 Å². The summed E-state index contributed by atoms with van der Waals surface area (Å²) in [5, 5.41) is 0. The summed E-state index contributed by atoms with van der Waals surface area (Å²) in [6.07, 6.45) is 4.85. The van der Waals surface area contributed by atoms with Gasteiger partial charge in [0.2, 0.25) is 7.37 Å². The van der Waals surface area contributed by atoms with Gasteiger partial charge in [0.05, 0.1) is 0 Å². The van der Waals surface area contributed by atoms with E-state index >= 15 is 0 Å². The summed E-state index contributed by atoms with van der Waals surface area (Å²) in [4.78, 5) is 9.76. The lowest BCUT2D eigenvalue weighted by atomic mass is 10.3. The summed E-state index contributed by atoms with van der Waals surface area (Å²) < 4.78 is 11.8. The van der Waals surface area contributed by atoms with E-state index in [2.05, 4.69) is 0 Å². The van der Waals surface area contributed by atoms with E-state index in [1.807, 2.05) is 6.92 Å². The second-order valence-corrected chi connectivity index (χ2v) is 6.75. The van der Waals surface area contributed by atoms with Crippen LogP contribution in [0.2, 0.25) is 0 Å². The van der Waals surface area contributed by atoms with Crippen molar-refractivity contribution in [3.8, 4) is 0 Å². The third-order valence-electron chi connectivity index (χ3n) is 2.85. The highest BCUT2D eigenvalue weighted by Gasteiger charge is 2.35. The molecule has 0 saturated heterocycles. The fourth-order valence-corrected chi connectivity index (χ4v) is 4.21. The maximum atomic E-state index is 11.8. The summed E-state index contributed by atoms with van der Waals surface area (Å²) in [5.74, 6) is 0. The van der Waals surface area contributed by atoms with Crippen LogP contribution in [-0.2, 0) is 4.57 Å². The van der Waals surface area contributed by atoms with Crippen molar-refractivity contribution < 1.29 is 9.46 Å². The molecule has 1 fully saturated rings. The first-order valence-corrected chi connectivity index (χ1v) is 7.04. The largest absolute Gasteiger partial charge is 0.344 e. The minimum absolute atomic E-state index is 0.00551. The highest BCUT2D eigenvalue weighted by atomic mass is 31.2. The third kappa shape index (κ3) is 3.08. The van der Waals surface area contributed by atoms with Crippen LogP contribution in [0.3, 0.4) is 0 Å². The van der Waals surface area contributed by atoms with E-state index in [0.717, 1.165) is 32.1 Å². The molecule has 3 N–H and O–H groups in total. The van der Waals surface area contributed by atoms with Gasteiger partial charge in [0.15, 0.2) is 0 Å². The van der Waals surface area contributed by atoms with Crippen LogP contribution in [-0.4, -0.2) is 22.8 Å². The van der Waals surface area contributed by atoms with Gasteiger partial charge in [-0.15, -0.1) is 0 Å². The molecule has 1 aliphatic rings. The van der Waals surface area contributed by atoms with Crippen LogP contribution in [0, 0.1) is 0 Å². The lowest BCUT2D eigenvalue weighted by Gasteiger charge is -2.17. The van der Waals surface area contributed by atoms with Gasteiger partial charge >= 0.3 is 0 Å². The fourth-order valence-electron chi connectivity index (χ4n) is 1.93. The zero-order valence-electron chi connectivity index (χ0n) is 8.28. The Bertz CT molecular complexity index is 208. The Morgan fingerprint density at radius 1 is 1.54 bits per heavy atom. The van der Waals surface area contributed by atoms with E-state index < -0.39 is 7.37 Å². The molecule has 1 unspecified atom stereocenters. The number of rotatable bonds is 4. The minimum Gasteiger partial charge on any atom is -0.344 e. The lowest BCUT2D eigenvalue weighted by molar-refractivity contribution is 0.459. The van der Waals surface area contributed by atoms with E-state index in [9.17, 15) is 9.46 Å². The number of unbranched alkanes of at least 4 members (excludes halogenated alkanes) is 1. The maximum absolute atomic E-state index is 11.8. The van der Waals surface area contributed by atoms with Gasteiger partial charge in [-0.25, -0.2) is 0 Å². The molecule has 78 valence electrons. The van der Waals surface area contributed by atoms with Gasteiger partial charge in [-0.1, -0.05) is 13.3 Å². The molecule has 13 heavy (non-hydrogen) atoms. The molecule has 3 nitrogen and oxygen atoms in total. The predicted molar refractivity (Wildman–Crippen MR) is 55.2 cm³/mol. The summed E-state index contributed by atoms with van der Waals surface area (Å²) >= 11 is 0. The zero-order valence-corrected chi connectivity index (χ0v) is 9.17. The molecular weight excluding hydrogens is 185 g/mol. The molecule has 0 heterocycles. The normalized spacial score (nSPS) is 33.2. The molecule has 1 rings (SSSR count). The van der Waals surface area contributed by atoms with Gasteiger partial charge < -0.3 is 10.6 Å². The Kier molecular flexibility index (Phi) is 3.96. The number of hydrogen-bond acceptors (Lipinski definition) is 2. The van der Waals surface area contributed by atoms with E-state index in [0.29, 0.717) is 6.16 Å². The first kappa shape index (κ1) is 11.2. The van der Waals surface area contributed by atoms with Crippen LogP contribution in [0.4, 0.5) is 0 Å². The Hall–Kier alpha value is 0.150. The molecule has 3 atom stereocenters. The maximum Gasteiger partial charge on any atom is 0.203 e. The SMILES string of the molecule is CCCCP(=O)(O)[C@H]1CC[C@@H](N)C1. The van der Waals surface area contributed by atoms with Crippen LogP contribution in [0.5, 0.6) is 0 Å². The third-order valence-corrected chi connectivity index (χ3v) is 5.42. The highest BCUT2D eigenvalue weighted by Crippen LogP contribution is 2.53. The van der Waals surface area contributed by atoms with Gasteiger partial charge in [-0.2, -0.15) is 0 Å². The fraction of sp³-hybridized carbons (Fsp3) is 1.00. The number of nitrogens with two attached hydrogens (primary N) is 1. The van der Waals surface area contributed by atoms with E-state index in [-0.39, 0.29) is 11.7 Å². The molecule has 0 amide bonds. The van der Waals surface area contributed by atoms with Gasteiger partial charge in [-0.05, 0) is 25.7 Å². The first-order chi connectivity index (χ1) is 6.06. The van der Waals surface area contributed by atoms with Crippen LogP contribution in [0.1, 0.15) is 39.0 Å². The van der Waals surface area contributed by atoms with Gasteiger partial charge in [-0.3, -0.25) is 4.57 Å². The lowest BCUT2D eigenvalue weighted by Crippen LogP contribution is -2.16. The van der Waals surface area contributed by atoms with Crippen molar-refractivity contribution in [1.29, 1.82) is 0 Å². The van der Waals surface area contributed by atoms with Crippen molar-refractivity contribution >= 4 is 7.37 Å². The monoisotopic (exact) mass is 205 g/mol. The van der Waals surface area contributed by atoms with Crippen LogP contribution >= 0.6 is 7.37 Å². The summed E-state index contributed by atoms with van der Waals surface area (Å²) in [6, 6.07) is 0.159. The molecule has 1 aliphatic carbocycles. The summed E-state index contributed by atoms with van der Waals surface area (Å²) in [7, 11) is -2.87. The van der Waals surface area contributed by atoms with E-state index in [1.165, 1.54) is 0 Å². The Labute approximate surface area is 80.2 Å². The topological polar surface area (TPSA) is 63.3 Å². The van der Waals surface area contributed by atoms with Crippen molar-refractivity contribution in [2.45, 2.75) is 50.7 Å². The Morgan fingerprint density at radius 3 is 2.69 bits per heavy atom. The molecule has 4 heteroatoms. The van der Waals surface area contributed by atoms with Crippen molar-refractivity contribution in [3.63, 3.8) is 0 Å². The van der Waals surface area contributed by atoms with Crippen molar-refractivity contribution in [1.82, 2.24) is 0 Å². The number of hydrogen-bond donors (Lipinski definition) is 2. The Balaban J connectivity index is 2.44. The average Bonchev–Trinajstić information content (AvgIpc) is 2.49. The molecular formula is C9H20NO2P. The molecule has 0 bridgehead atoms. The average molecular weight is 205 g/mol. The first-order valence-electron chi connectivity index (χ1n) is 5.13. The predicted octanol–water partition coefficient (Wildman–Crippen LogP) is 1.94. The molecule has 1 saturated carbocycles. The van der Waals surface area contributed by atoms with E-state index in [1.54, 1.807) is 0 Å². The smallest absolute Gasteiger partial charge is 0.203 e. The molecule has 0 aromatic rings. The van der Waals surface area contributed by atoms with Crippen molar-refractivity contribution in [2.24, 2.45) is 5.73 Å². The van der Waals surface area contributed by atoms with Gasteiger partial charge in [0.1, 0.15) is 0 Å². The highest BCUT2D eigenvalue weighted by molar-refractivity contribution is 7.58. The molecule has 0 spiro atoms. The molecule has 0 radical (unpaired) electrons. The second-order valence-electron chi connectivity index (χ2n) is 4.06. The minimum atomic E-state index is -2.87. The Morgan fingerprint density at radius 2 is 2.23 bits per heavy atom. The van der Waals surface area contributed by atoms with Gasteiger partial charge in [0, 0.05) is 17.9 Å². The molecule has 0 aliphatic heterocycles. The second kappa shape index (κ2) is 4.59. The summed E-state index contributed by atoms with van der Waals surface area (Å²) in [6.45, 7) is 2.04. The van der Waals surface area contributed by atoms with Crippen LogP contribution in [0.15, 0.2) is 0 Å². The van der Waals surface area contributed by atoms with E-state index in [4.69, 9.17) is 5.73 Å². The quantitative estimate of drug-likeness (QED) is 0.689. The zero-order chi connectivity index (χ0) is 9.90. The van der Waals surface area contributed by atoms with Gasteiger partial charge in [0.25, 0.3) is 0 Å². The molecule has 0 aromatic carbocycles. The van der Waals surface area contributed by atoms with Crippen molar-refractivity contribution in [2.75, 3.05) is 6.16 Å². The summed E-state index contributed by atoms with van der Waals surface area (Å²) in [5.41, 5.74) is 5.71. The van der Waals surface area contributed by atoms with Crippen molar-refractivity contribution in [3.05, 3.63) is 0 Å². The van der Waals surface area contributed by atoms with Crippen LogP contribution in [0.25, 0.3) is 0 Å². The molecule has 0 aromatic heterocycles. The standard InChI is InChI=1S/C9H20NO2P/c1-2-3-6-13(11,12)9-5-4-8(10)7-9/h8-9H,2-7,10H2,1H3,(H,11,12)/t8-,9+/m1/s1.